The van der Waals surface area contributed by atoms with E-state index in [2.05, 4.69) is 40.7 Å². The van der Waals surface area contributed by atoms with E-state index in [4.69, 9.17) is 9.47 Å². The Bertz CT molecular complexity index is 1850. The van der Waals surface area contributed by atoms with Crippen molar-refractivity contribution in [1.29, 1.82) is 0 Å². The quantitative estimate of drug-likeness (QED) is 0.123. The molecule has 6 rings (SSSR count). The molecule has 8 nitrogen and oxygen atoms in total. The first kappa shape index (κ1) is 34.1. The Morgan fingerprint density at radius 3 is 2.29 bits per heavy atom. The van der Waals surface area contributed by atoms with E-state index in [1.807, 2.05) is 78.9 Å². The van der Waals surface area contributed by atoms with Gasteiger partial charge in [0.1, 0.15) is 0 Å². The van der Waals surface area contributed by atoms with E-state index in [1.165, 1.54) is 6.92 Å². The fourth-order valence-electron chi connectivity index (χ4n) is 5.88. The van der Waals surface area contributed by atoms with Gasteiger partial charge in [0.15, 0.2) is 6.29 Å². The van der Waals surface area contributed by atoms with Gasteiger partial charge < -0.3 is 25.2 Å². The van der Waals surface area contributed by atoms with Crippen molar-refractivity contribution in [2.75, 3.05) is 11.1 Å². The highest BCUT2D eigenvalue weighted by atomic mass is 32.2. The third-order valence-corrected chi connectivity index (χ3v) is 9.69. The van der Waals surface area contributed by atoms with E-state index in [9.17, 15) is 14.7 Å². The maximum absolute atomic E-state index is 12.7. The van der Waals surface area contributed by atoms with Gasteiger partial charge in [-0.1, -0.05) is 79.7 Å². The van der Waals surface area contributed by atoms with Gasteiger partial charge in [-0.3, -0.25) is 14.6 Å². The third-order valence-electron chi connectivity index (χ3n) is 8.59. The Hall–Kier alpha value is -4.80. The normalized spacial score (nSPS) is 18.8. The van der Waals surface area contributed by atoms with Gasteiger partial charge in [0.05, 0.1) is 24.4 Å². The molecule has 4 aromatic carbocycles. The van der Waals surface area contributed by atoms with Crippen LogP contribution in [-0.2, 0) is 27.4 Å². The highest BCUT2D eigenvalue weighted by molar-refractivity contribution is 7.99. The number of aromatic nitrogens is 1. The van der Waals surface area contributed by atoms with Crippen LogP contribution in [0, 0.1) is 5.92 Å². The number of pyridine rings is 1. The Morgan fingerprint density at radius 1 is 0.857 bits per heavy atom. The van der Waals surface area contributed by atoms with Crippen LogP contribution in [0.3, 0.4) is 0 Å². The largest absolute Gasteiger partial charge is 0.392 e. The average Bonchev–Trinajstić information content (AvgIpc) is 3.14. The number of aliphatic hydroxyl groups excluding tert-OH is 1. The SMILES string of the molecule is CC(=O)Nc1ccc(SCC2OC(c3ccc(-c4ccccc4CNC(=O)c4cccnc4)cc3)OC(c3ccc(CO)cc3)C2C)cc1. The first-order chi connectivity index (χ1) is 23.9. The molecule has 0 spiro atoms. The lowest BCUT2D eigenvalue weighted by molar-refractivity contribution is -0.268. The zero-order chi connectivity index (χ0) is 34.2. The number of hydrogen-bond donors (Lipinski definition) is 3. The van der Waals surface area contributed by atoms with Crippen molar-refractivity contribution in [2.24, 2.45) is 5.92 Å². The summed E-state index contributed by atoms with van der Waals surface area (Å²) in [5.74, 6) is 0.489. The molecule has 4 atom stereocenters. The topological polar surface area (TPSA) is 110 Å². The number of nitrogens with zero attached hydrogens (tertiary/aromatic N) is 1. The molecule has 1 aliphatic rings. The molecule has 5 aromatic rings. The zero-order valence-corrected chi connectivity index (χ0v) is 28.2. The molecule has 0 bridgehead atoms. The summed E-state index contributed by atoms with van der Waals surface area (Å²) in [7, 11) is 0. The van der Waals surface area contributed by atoms with Crippen molar-refractivity contribution >= 4 is 29.3 Å². The highest BCUT2D eigenvalue weighted by Gasteiger charge is 2.38. The average molecular weight is 674 g/mol. The van der Waals surface area contributed by atoms with E-state index >= 15 is 0 Å². The van der Waals surface area contributed by atoms with Crippen LogP contribution < -0.4 is 10.6 Å². The molecule has 49 heavy (non-hydrogen) atoms. The fraction of sp³-hybridized carbons (Fsp3) is 0.225. The first-order valence-electron chi connectivity index (χ1n) is 16.3. The summed E-state index contributed by atoms with van der Waals surface area (Å²) in [6.45, 7) is 4.01. The highest BCUT2D eigenvalue weighted by Crippen LogP contribution is 2.43. The summed E-state index contributed by atoms with van der Waals surface area (Å²) >= 11 is 1.71. The van der Waals surface area contributed by atoms with Crippen LogP contribution in [-0.4, -0.2) is 33.8 Å². The molecule has 9 heteroatoms. The second-order valence-corrected chi connectivity index (χ2v) is 13.1. The lowest BCUT2D eigenvalue weighted by atomic mass is 9.91. The molecule has 250 valence electrons. The molecule has 0 radical (unpaired) electrons. The molecular weight excluding hydrogens is 635 g/mol. The second kappa shape index (κ2) is 16.1. The molecule has 2 heterocycles. The molecule has 4 unspecified atom stereocenters. The van der Waals surface area contributed by atoms with Crippen LogP contribution in [0.15, 0.2) is 126 Å². The smallest absolute Gasteiger partial charge is 0.253 e. The van der Waals surface area contributed by atoms with Crippen LogP contribution in [0.1, 0.15) is 58.9 Å². The predicted octanol–water partition coefficient (Wildman–Crippen LogP) is 7.71. The molecule has 1 fully saturated rings. The van der Waals surface area contributed by atoms with Gasteiger partial charge in [-0.2, -0.15) is 0 Å². The summed E-state index contributed by atoms with van der Waals surface area (Å²) in [5.41, 5.74) is 7.12. The van der Waals surface area contributed by atoms with Crippen molar-refractivity contribution in [3.63, 3.8) is 0 Å². The predicted molar refractivity (Wildman–Crippen MR) is 192 cm³/mol. The van der Waals surface area contributed by atoms with Crippen molar-refractivity contribution < 1.29 is 24.2 Å². The number of rotatable bonds is 11. The number of aliphatic hydroxyl groups is 1. The lowest BCUT2D eigenvalue weighted by Gasteiger charge is -2.41. The van der Waals surface area contributed by atoms with Gasteiger partial charge in [0.25, 0.3) is 5.91 Å². The van der Waals surface area contributed by atoms with Gasteiger partial charge in [-0.05, 0) is 64.2 Å². The molecule has 1 aromatic heterocycles. The van der Waals surface area contributed by atoms with Crippen molar-refractivity contribution in [1.82, 2.24) is 10.3 Å². The Morgan fingerprint density at radius 2 is 1.59 bits per heavy atom. The number of anilines is 1. The Kier molecular flexibility index (Phi) is 11.2. The number of amides is 2. The number of benzene rings is 4. The maximum Gasteiger partial charge on any atom is 0.253 e. The second-order valence-electron chi connectivity index (χ2n) is 12.0. The number of hydrogen-bond acceptors (Lipinski definition) is 7. The van der Waals surface area contributed by atoms with Crippen LogP contribution >= 0.6 is 11.8 Å². The summed E-state index contributed by atoms with van der Waals surface area (Å²) in [5, 5.41) is 15.4. The van der Waals surface area contributed by atoms with Gasteiger partial charge in [0.2, 0.25) is 5.91 Å². The molecule has 0 aliphatic carbocycles. The summed E-state index contributed by atoms with van der Waals surface area (Å²) in [4.78, 5) is 29.2. The van der Waals surface area contributed by atoms with E-state index in [-0.39, 0.29) is 36.5 Å². The number of carbonyl (C=O) groups excluding carboxylic acids is 2. The van der Waals surface area contributed by atoms with Crippen molar-refractivity contribution in [2.45, 2.75) is 50.4 Å². The monoisotopic (exact) mass is 673 g/mol. The van der Waals surface area contributed by atoms with Crippen LogP contribution in [0.4, 0.5) is 5.69 Å². The summed E-state index contributed by atoms with van der Waals surface area (Å²) in [6, 6.07) is 35.4. The molecular formula is C40H39N3O5S. The maximum atomic E-state index is 12.7. The first-order valence-corrected chi connectivity index (χ1v) is 17.2. The number of ether oxygens (including phenoxy) is 2. The zero-order valence-electron chi connectivity index (χ0n) is 27.4. The summed E-state index contributed by atoms with van der Waals surface area (Å²) < 4.78 is 13.3. The Balaban J connectivity index is 1.19. The van der Waals surface area contributed by atoms with Crippen molar-refractivity contribution in [3.05, 3.63) is 149 Å². The molecule has 1 saturated heterocycles. The molecule has 0 saturated carbocycles. The summed E-state index contributed by atoms with van der Waals surface area (Å²) in [6.07, 6.45) is 2.27. The molecule has 2 amide bonds. The Labute approximate surface area is 290 Å². The van der Waals surface area contributed by atoms with Gasteiger partial charge in [-0.15, -0.1) is 11.8 Å². The van der Waals surface area contributed by atoms with Crippen LogP contribution in [0.25, 0.3) is 11.1 Å². The number of thioether (sulfide) groups is 1. The fourth-order valence-corrected chi connectivity index (χ4v) is 6.94. The molecule has 3 N–H and O–H groups in total. The minimum Gasteiger partial charge on any atom is -0.392 e. The van der Waals surface area contributed by atoms with E-state index in [0.29, 0.717) is 17.9 Å². The van der Waals surface area contributed by atoms with Gasteiger partial charge in [0, 0.05) is 53.7 Å². The third kappa shape index (κ3) is 8.63. The van der Waals surface area contributed by atoms with E-state index in [1.54, 1.807) is 36.3 Å². The van der Waals surface area contributed by atoms with E-state index in [0.717, 1.165) is 44.0 Å². The minimum absolute atomic E-state index is 0.0144. The lowest BCUT2D eigenvalue weighted by Crippen LogP contribution is -2.38. The standard InChI is InChI=1S/C40H39N3O5S/c1-26-37(25-49-35-19-17-34(18-20-35)43-27(2)45)47-40(48-38(26)30-11-9-28(24-44)10-12-30)31-15-13-29(14-16-31)36-8-4-3-6-32(36)23-42-39(46)33-7-5-21-41-22-33/h3-22,26,37-38,40,44H,23-25H2,1-2H3,(H,42,46)(H,43,45). The number of nitrogens with one attached hydrogen (secondary N) is 2. The molecule has 1 aliphatic heterocycles. The minimum atomic E-state index is -0.588. The van der Waals surface area contributed by atoms with Crippen LogP contribution in [0.5, 0.6) is 0 Å². The van der Waals surface area contributed by atoms with Gasteiger partial charge in [-0.25, -0.2) is 0 Å². The van der Waals surface area contributed by atoms with Crippen LogP contribution in [0.2, 0.25) is 0 Å². The van der Waals surface area contributed by atoms with Gasteiger partial charge >= 0.3 is 0 Å². The van der Waals surface area contributed by atoms with E-state index < -0.39 is 6.29 Å². The van der Waals surface area contributed by atoms with Crippen molar-refractivity contribution in [3.8, 4) is 11.1 Å². The number of carbonyl (C=O) groups is 2.